The van der Waals surface area contributed by atoms with Crippen molar-refractivity contribution >= 4 is 34.0 Å². The van der Waals surface area contributed by atoms with Crippen LogP contribution in [-0.2, 0) is 4.74 Å². The highest BCUT2D eigenvalue weighted by Gasteiger charge is 2.17. The van der Waals surface area contributed by atoms with Gasteiger partial charge in [0, 0.05) is 19.1 Å². The molecule has 0 aromatic carbocycles. The first-order chi connectivity index (χ1) is 8.45. The molecule has 0 radical (unpaired) electrons. The van der Waals surface area contributed by atoms with Crippen LogP contribution in [0.15, 0.2) is 0 Å². The number of nitrogens with one attached hydrogen (secondary N) is 1. The Morgan fingerprint density at radius 2 is 2.28 bits per heavy atom. The molecule has 0 fully saturated rings. The Morgan fingerprint density at radius 1 is 1.61 bits per heavy atom. The van der Waals surface area contributed by atoms with Crippen LogP contribution >= 0.6 is 22.9 Å². The quantitative estimate of drug-likeness (QED) is 0.815. The van der Waals surface area contributed by atoms with Gasteiger partial charge in [0.05, 0.1) is 7.11 Å². The number of halogens is 1. The second-order valence-corrected chi connectivity index (χ2v) is 5.49. The molecule has 1 N–H and O–H groups in total. The number of nitrogens with zero attached hydrogens (tertiary/aromatic N) is 2. The Balaban J connectivity index is 2.51. The second-order valence-electron chi connectivity index (χ2n) is 4.13. The number of esters is 1. The van der Waals surface area contributed by atoms with Crippen molar-refractivity contribution < 1.29 is 9.53 Å². The molecule has 7 heteroatoms. The van der Waals surface area contributed by atoms with Gasteiger partial charge >= 0.3 is 5.97 Å². The van der Waals surface area contributed by atoms with E-state index in [2.05, 4.69) is 40.8 Å². The number of methoxy groups -OCH3 is 1. The van der Waals surface area contributed by atoms with E-state index in [0.717, 1.165) is 13.1 Å². The van der Waals surface area contributed by atoms with Crippen molar-refractivity contribution in [1.82, 2.24) is 9.88 Å². The number of rotatable bonds is 6. The molecule has 0 atom stereocenters. The monoisotopic (exact) mass is 291 g/mol. The zero-order valence-corrected chi connectivity index (χ0v) is 12.6. The molecule has 0 saturated carbocycles. The average Bonchev–Trinajstić information content (AvgIpc) is 2.69. The predicted molar refractivity (Wildman–Crippen MR) is 74.7 cm³/mol. The first-order valence-corrected chi connectivity index (χ1v) is 6.84. The maximum absolute atomic E-state index is 11.3. The van der Waals surface area contributed by atoms with E-state index in [1.54, 1.807) is 0 Å². The van der Waals surface area contributed by atoms with Crippen LogP contribution in [0.25, 0.3) is 0 Å². The molecule has 1 aromatic rings. The van der Waals surface area contributed by atoms with Crippen molar-refractivity contribution in [3.63, 3.8) is 0 Å². The Bertz CT molecular complexity index is 409. The summed E-state index contributed by atoms with van der Waals surface area (Å²) in [5, 5.41) is 3.97. The molecule has 102 valence electrons. The number of carbonyl (C=O) groups excluding carboxylic acids is 1. The Kier molecular flexibility index (Phi) is 5.84. The number of hydrogen-bond donors (Lipinski definition) is 1. The number of hydrogen-bond acceptors (Lipinski definition) is 6. The largest absolute Gasteiger partial charge is 0.465 e. The van der Waals surface area contributed by atoms with E-state index in [1.165, 1.54) is 18.4 Å². The van der Waals surface area contributed by atoms with Gasteiger partial charge in [-0.1, -0.05) is 22.9 Å². The van der Waals surface area contributed by atoms with Gasteiger partial charge in [-0.3, -0.25) is 0 Å². The van der Waals surface area contributed by atoms with Crippen molar-refractivity contribution in [2.45, 2.75) is 19.9 Å². The lowest BCUT2D eigenvalue weighted by Crippen LogP contribution is -2.31. The number of likely N-dealkylation sites (N-methyl/N-ethyl adjacent to an activating group) is 1. The summed E-state index contributed by atoms with van der Waals surface area (Å²) in [6, 6.07) is 0.498. The Hall–Kier alpha value is -0.850. The molecule has 5 nitrogen and oxygen atoms in total. The van der Waals surface area contributed by atoms with Gasteiger partial charge in [-0.25, -0.2) is 9.78 Å². The normalized spacial score (nSPS) is 11.1. The van der Waals surface area contributed by atoms with E-state index in [1.807, 2.05) is 0 Å². The van der Waals surface area contributed by atoms with E-state index >= 15 is 0 Å². The van der Waals surface area contributed by atoms with Gasteiger partial charge in [-0.2, -0.15) is 0 Å². The van der Waals surface area contributed by atoms with Crippen molar-refractivity contribution in [2.24, 2.45) is 0 Å². The summed E-state index contributed by atoms with van der Waals surface area (Å²) in [6.45, 7) is 5.91. The number of anilines is 1. The second kappa shape index (κ2) is 6.92. The van der Waals surface area contributed by atoms with Gasteiger partial charge in [0.1, 0.15) is 0 Å². The minimum absolute atomic E-state index is 0.187. The van der Waals surface area contributed by atoms with Gasteiger partial charge in [0.2, 0.25) is 0 Å². The highest BCUT2D eigenvalue weighted by atomic mass is 35.5. The maximum atomic E-state index is 11.3. The van der Waals surface area contributed by atoms with Crippen LogP contribution < -0.4 is 5.32 Å². The summed E-state index contributed by atoms with van der Waals surface area (Å²) in [5.41, 5.74) is 0. The predicted octanol–water partition coefficient (Wildman–Crippen LogP) is 2.34. The van der Waals surface area contributed by atoms with Gasteiger partial charge < -0.3 is 15.0 Å². The molecule has 18 heavy (non-hydrogen) atoms. The first kappa shape index (κ1) is 15.2. The molecule has 0 amide bonds. The van der Waals surface area contributed by atoms with E-state index < -0.39 is 5.97 Å². The SMILES string of the molecule is COC(=O)c1sc(NCCN(C)C(C)C)nc1Cl. The van der Waals surface area contributed by atoms with Crippen LogP contribution in [0.3, 0.4) is 0 Å². The van der Waals surface area contributed by atoms with Crippen molar-refractivity contribution in [3.05, 3.63) is 10.0 Å². The zero-order chi connectivity index (χ0) is 13.7. The van der Waals surface area contributed by atoms with Crippen LogP contribution in [0, 0.1) is 0 Å². The molecular weight excluding hydrogens is 274 g/mol. The van der Waals surface area contributed by atoms with Gasteiger partial charge in [-0.15, -0.1) is 0 Å². The maximum Gasteiger partial charge on any atom is 0.351 e. The summed E-state index contributed by atoms with van der Waals surface area (Å²) < 4.78 is 4.62. The van der Waals surface area contributed by atoms with Crippen LogP contribution in [0.5, 0.6) is 0 Å². The van der Waals surface area contributed by atoms with Crippen LogP contribution in [-0.4, -0.2) is 49.1 Å². The Morgan fingerprint density at radius 3 is 2.83 bits per heavy atom. The molecule has 0 unspecified atom stereocenters. The fourth-order valence-electron chi connectivity index (χ4n) is 1.19. The minimum Gasteiger partial charge on any atom is -0.465 e. The van der Waals surface area contributed by atoms with E-state index in [0.29, 0.717) is 16.1 Å². The van der Waals surface area contributed by atoms with Gasteiger partial charge in [-0.05, 0) is 20.9 Å². The number of carbonyl (C=O) groups is 1. The topological polar surface area (TPSA) is 54.5 Å². The number of thiazole rings is 1. The summed E-state index contributed by atoms with van der Waals surface area (Å²) >= 11 is 7.06. The third-order valence-electron chi connectivity index (χ3n) is 2.58. The molecule has 0 saturated heterocycles. The Labute approximate surface area is 116 Å². The molecule has 0 aliphatic heterocycles. The molecule has 0 bridgehead atoms. The molecule has 1 aromatic heterocycles. The smallest absolute Gasteiger partial charge is 0.351 e. The third-order valence-corrected chi connectivity index (χ3v) is 3.96. The van der Waals surface area contributed by atoms with Crippen molar-refractivity contribution in [2.75, 3.05) is 32.6 Å². The minimum atomic E-state index is -0.454. The fourth-order valence-corrected chi connectivity index (χ4v) is 2.32. The standard InChI is InChI=1S/C11H18ClN3O2S/c1-7(2)15(3)6-5-13-11-14-9(12)8(18-11)10(16)17-4/h7H,5-6H2,1-4H3,(H,13,14). The zero-order valence-electron chi connectivity index (χ0n) is 11.0. The fraction of sp³-hybridized carbons (Fsp3) is 0.636. The lowest BCUT2D eigenvalue weighted by Gasteiger charge is -2.20. The molecule has 0 spiro atoms. The number of aromatic nitrogens is 1. The molecule has 1 heterocycles. The van der Waals surface area contributed by atoms with E-state index in [9.17, 15) is 4.79 Å². The van der Waals surface area contributed by atoms with E-state index in [4.69, 9.17) is 11.6 Å². The summed E-state index contributed by atoms with van der Waals surface area (Å²) in [7, 11) is 3.38. The van der Waals surface area contributed by atoms with Gasteiger partial charge in [0.25, 0.3) is 0 Å². The summed E-state index contributed by atoms with van der Waals surface area (Å²) in [5.74, 6) is -0.454. The van der Waals surface area contributed by atoms with Crippen LogP contribution in [0.2, 0.25) is 5.15 Å². The third kappa shape index (κ3) is 4.12. The highest BCUT2D eigenvalue weighted by molar-refractivity contribution is 7.18. The first-order valence-electron chi connectivity index (χ1n) is 5.64. The molecule has 0 aliphatic rings. The number of ether oxygens (including phenoxy) is 1. The van der Waals surface area contributed by atoms with Crippen molar-refractivity contribution in [1.29, 1.82) is 0 Å². The molecule has 1 rings (SSSR count). The highest BCUT2D eigenvalue weighted by Crippen LogP contribution is 2.27. The molecule has 0 aliphatic carbocycles. The summed E-state index contributed by atoms with van der Waals surface area (Å²) in [6.07, 6.45) is 0. The lowest BCUT2D eigenvalue weighted by atomic mass is 10.3. The van der Waals surface area contributed by atoms with Crippen LogP contribution in [0.1, 0.15) is 23.5 Å². The lowest BCUT2D eigenvalue weighted by molar-refractivity contribution is 0.0606. The average molecular weight is 292 g/mol. The molecular formula is C11H18ClN3O2S. The van der Waals surface area contributed by atoms with Crippen molar-refractivity contribution in [3.8, 4) is 0 Å². The van der Waals surface area contributed by atoms with Crippen LogP contribution in [0.4, 0.5) is 5.13 Å². The van der Waals surface area contributed by atoms with E-state index in [-0.39, 0.29) is 5.15 Å². The summed E-state index contributed by atoms with van der Waals surface area (Å²) in [4.78, 5) is 18.0. The van der Waals surface area contributed by atoms with Gasteiger partial charge in [0.15, 0.2) is 15.2 Å².